The second-order valence-electron chi connectivity index (χ2n) is 7.06. The van der Waals surface area contributed by atoms with Gasteiger partial charge in [-0.2, -0.15) is 0 Å². The van der Waals surface area contributed by atoms with Gasteiger partial charge in [-0.25, -0.2) is 0 Å². The predicted molar refractivity (Wildman–Crippen MR) is 141 cm³/mol. The van der Waals surface area contributed by atoms with Crippen LogP contribution in [0.1, 0.15) is 103 Å². The monoisotopic (exact) mass is 562 g/mol. The summed E-state index contributed by atoms with van der Waals surface area (Å²) in [6.45, 7) is 1.16. The number of ether oxygens (including phenoxy) is 1. The molecule has 0 aromatic heterocycles. The van der Waals surface area contributed by atoms with Crippen molar-refractivity contribution in [3.8, 4) is 0 Å². The van der Waals surface area contributed by atoms with Crippen LogP contribution in [0.15, 0.2) is 0 Å². The zero-order valence-electron chi connectivity index (χ0n) is 18.1. The summed E-state index contributed by atoms with van der Waals surface area (Å²) in [6, 6.07) is 0. The Bertz CT molecular complexity index is 286. The van der Waals surface area contributed by atoms with Gasteiger partial charge in [0.05, 0.1) is 6.61 Å². The predicted octanol–water partition coefficient (Wildman–Crippen LogP) is 8.66. The third-order valence-electron chi connectivity index (χ3n) is 4.46. The molecule has 0 aromatic carbocycles. The van der Waals surface area contributed by atoms with Crippen LogP contribution in [0.3, 0.4) is 0 Å². The Labute approximate surface area is 202 Å². The molecule has 0 aliphatic rings. The van der Waals surface area contributed by atoms with Crippen molar-refractivity contribution >= 4 is 60.2 Å². The van der Waals surface area contributed by atoms with Crippen LogP contribution in [0, 0.1) is 0 Å². The molecule has 0 aliphatic heterocycles. The van der Waals surface area contributed by atoms with Crippen LogP contribution in [0.25, 0.3) is 0 Å². The molecule has 0 bridgehead atoms. The molecule has 0 unspecified atom stereocenters. The Morgan fingerprint density at radius 2 is 1.04 bits per heavy atom. The van der Waals surface area contributed by atoms with Gasteiger partial charge in [-0.05, 0) is 44.2 Å². The maximum Gasteiger partial charge on any atom is 0.219 e. The van der Waals surface area contributed by atoms with Gasteiger partial charge in [0.15, 0.2) is 0 Å². The fourth-order valence-corrected chi connectivity index (χ4v) is 3.82. The molecule has 28 heavy (non-hydrogen) atoms. The zero-order chi connectivity index (χ0) is 21.1. The number of hydrogen-bond donors (Lipinski definition) is 1. The third kappa shape index (κ3) is 31.8. The molecule has 0 rings (SSSR count). The van der Waals surface area contributed by atoms with E-state index in [4.69, 9.17) is 22.1 Å². The molecule has 0 fully saturated rings. The molecule has 0 amide bonds. The van der Waals surface area contributed by atoms with Crippen molar-refractivity contribution < 1.29 is 9.84 Å². The summed E-state index contributed by atoms with van der Waals surface area (Å²) in [5, 5.41) is 10.8. The summed E-state index contributed by atoms with van der Waals surface area (Å²) in [6.07, 6.45) is 22.8. The molecular weight excluding hydrogens is 520 g/mol. The third-order valence-corrected chi connectivity index (χ3v) is 6.65. The highest BCUT2D eigenvalue weighted by Crippen LogP contribution is 2.10. The zero-order valence-corrected chi connectivity index (χ0v) is 22.9. The second kappa shape index (κ2) is 30.4. The molecule has 0 heterocycles. The van der Waals surface area contributed by atoms with Gasteiger partial charge in [0, 0.05) is 17.3 Å². The van der Waals surface area contributed by atoms with Gasteiger partial charge in [-0.1, -0.05) is 121 Å². The molecule has 6 heteroatoms. The highest BCUT2D eigenvalue weighted by molar-refractivity contribution is 9.09. The van der Waals surface area contributed by atoms with Crippen molar-refractivity contribution in [1.82, 2.24) is 0 Å². The lowest BCUT2D eigenvalue weighted by atomic mass is 10.1. The van der Waals surface area contributed by atoms with Crippen molar-refractivity contribution in [1.29, 1.82) is 0 Å². The second-order valence-corrected chi connectivity index (χ2v) is 10.1. The number of hydrogen-bond acceptors (Lipinski definition) is 4. The van der Waals surface area contributed by atoms with Gasteiger partial charge >= 0.3 is 0 Å². The van der Waals surface area contributed by atoms with Crippen LogP contribution in [0.2, 0.25) is 0 Å². The van der Waals surface area contributed by atoms with Gasteiger partial charge in [0.1, 0.15) is 0 Å². The van der Waals surface area contributed by atoms with Crippen LogP contribution in [-0.4, -0.2) is 39.6 Å². The average molecular weight is 565 g/mol. The van der Waals surface area contributed by atoms with Gasteiger partial charge in [0.25, 0.3) is 0 Å². The van der Waals surface area contributed by atoms with E-state index >= 15 is 0 Å². The van der Waals surface area contributed by atoms with Crippen molar-refractivity contribution in [3.63, 3.8) is 0 Å². The van der Waals surface area contributed by atoms with Crippen LogP contribution >= 0.6 is 55.8 Å². The molecule has 2 nitrogen and oxygen atoms in total. The van der Waals surface area contributed by atoms with Crippen LogP contribution in [0.4, 0.5) is 0 Å². The van der Waals surface area contributed by atoms with E-state index in [-0.39, 0.29) is 0 Å². The summed E-state index contributed by atoms with van der Waals surface area (Å²) in [5.41, 5.74) is 0. The summed E-state index contributed by atoms with van der Waals surface area (Å²) in [5.74, 6) is 0. The molecule has 0 saturated carbocycles. The quantitative estimate of drug-likeness (QED) is 0.0966. The normalized spacial score (nSPS) is 10.4. The lowest BCUT2D eigenvalue weighted by Crippen LogP contribution is -1.98. The van der Waals surface area contributed by atoms with Crippen LogP contribution in [-0.2, 0) is 4.74 Å². The van der Waals surface area contributed by atoms with E-state index in [9.17, 15) is 0 Å². The number of thioether (sulfide) groups is 1. The molecule has 0 atom stereocenters. The Morgan fingerprint density at radius 1 is 0.679 bits per heavy atom. The maximum absolute atomic E-state index is 8.53. The van der Waals surface area contributed by atoms with Gasteiger partial charge in [-0.3, -0.25) is 0 Å². The van der Waals surface area contributed by atoms with Gasteiger partial charge < -0.3 is 9.84 Å². The molecule has 0 spiro atoms. The van der Waals surface area contributed by atoms with Crippen molar-refractivity contribution in [2.45, 2.75) is 103 Å². The topological polar surface area (TPSA) is 29.5 Å². The largest absolute Gasteiger partial charge is 0.479 e. The first-order valence-electron chi connectivity index (χ1n) is 11.2. The Hall–Kier alpha value is 1.16. The van der Waals surface area contributed by atoms with E-state index in [1.807, 2.05) is 6.26 Å². The van der Waals surface area contributed by atoms with E-state index in [2.05, 4.69) is 31.9 Å². The lowest BCUT2D eigenvalue weighted by molar-refractivity contribution is 0.282. The first-order valence-corrected chi connectivity index (χ1v) is 15.0. The molecule has 1 N–H and O–H groups in total. The van der Waals surface area contributed by atoms with Gasteiger partial charge in [0.2, 0.25) is 4.38 Å². The first kappa shape index (κ1) is 31.3. The number of unbranched alkanes of at least 4 members (excludes halogenated alkanes) is 14. The number of rotatable bonds is 19. The summed E-state index contributed by atoms with van der Waals surface area (Å²) >= 11 is 13.3. The number of aliphatic hydroxyl groups excluding tert-OH is 1. The van der Waals surface area contributed by atoms with E-state index in [1.54, 1.807) is 0 Å². The molecule has 0 aromatic rings. The smallest absolute Gasteiger partial charge is 0.219 e. The minimum Gasteiger partial charge on any atom is -0.479 e. The van der Waals surface area contributed by atoms with E-state index < -0.39 is 0 Å². The van der Waals surface area contributed by atoms with Crippen LogP contribution < -0.4 is 0 Å². The minimum atomic E-state index is 0.365. The number of halogens is 2. The average Bonchev–Trinajstić information content (AvgIpc) is 2.71. The van der Waals surface area contributed by atoms with Crippen molar-refractivity contribution in [2.75, 3.05) is 30.1 Å². The molecular formula is C22H44Br2O2S2. The minimum absolute atomic E-state index is 0.365. The Kier molecular flexibility index (Phi) is 34.0. The lowest BCUT2D eigenvalue weighted by Gasteiger charge is -2.04. The molecule has 0 radical (unpaired) electrons. The molecule has 170 valence electrons. The summed E-state index contributed by atoms with van der Waals surface area (Å²) in [4.78, 5) is 0. The molecule has 0 saturated heterocycles. The number of aliphatic hydroxyl groups is 1. The fraction of sp³-hybridized carbons (Fsp3) is 0.955. The maximum atomic E-state index is 8.53. The van der Waals surface area contributed by atoms with E-state index in [0.717, 1.165) is 30.1 Å². The number of alkyl halides is 2. The SMILES string of the molecule is CSC(=S)OCCCCCCCCCCBr.OCCCCCCCCCCBr. The Balaban J connectivity index is 0. The highest BCUT2D eigenvalue weighted by atomic mass is 79.9. The number of thiocarbonyl (C=S) groups is 1. The van der Waals surface area contributed by atoms with Crippen molar-refractivity contribution in [3.05, 3.63) is 0 Å². The van der Waals surface area contributed by atoms with E-state index in [0.29, 0.717) is 11.0 Å². The summed E-state index contributed by atoms with van der Waals surface area (Å²) in [7, 11) is 0. The first-order chi connectivity index (χ1) is 13.7. The van der Waals surface area contributed by atoms with Gasteiger partial charge in [-0.15, -0.1) is 0 Å². The van der Waals surface area contributed by atoms with E-state index in [1.165, 1.54) is 102 Å². The van der Waals surface area contributed by atoms with Crippen molar-refractivity contribution in [2.24, 2.45) is 0 Å². The molecule has 0 aliphatic carbocycles. The fourth-order valence-electron chi connectivity index (χ4n) is 2.74. The van der Waals surface area contributed by atoms with Crippen LogP contribution in [0.5, 0.6) is 0 Å². The standard InChI is InChI=1S/C12H23BrOS2.C10H21BrO/c1-16-12(15)14-11-9-7-5-3-2-4-6-8-10-13;11-9-7-5-3-1-2-4-6-8-10-12/h2-11H2,1H3;12H,1-10H2. The Morgan fingerprint density at radius 3 is 1.39 bits per heavy atom. The summed E-state index contributed by atoms with van der Waals surface area (Å²) < 4.78 is 6.02. The highest BCUT2D eigenvalue weighted by Gasteiger charge is 1.95.